The van der Waals surface area contributed by atoms with Crippen LogP contribution in [0.1, 0.15) is 26.2 Å². The van der Waals surface area contributed by atoms with E-state index in [-0.39, 0.29) is 29.3 Å². The van der Waals surface area contributed by atoms with E-state index in [0.717, 1.165) is 24.3 Å². The molecule has 1 atom stereocenters. The summed E-state index contributed by atoms with van der Waals surface area (Å²) in [6.45, 7) is 2.52. The van der Waals surface area contributed by atoms with Gasteiger partial charge in [-0.15, -0.1) is 0 Å². The Morgan fingerprint density at radius 1 is 1.23 bits per heavy atom. The Morgan fingerprint density at radius 3 is 2.65 bits per heavy atom. The van der Waals surface area contributed by atoms with Crippen molar-refractivity contribution in [1.82, 2.24) is 4.90 Å². The number of thioether (sulfide) groups is 1. The number of amides is 2. The molecule has 1 N–H and O–H groups in total. The molecular formula is C22H21Cl2N3O3S. The highest BCUT2D eigenvalue weighted by Gasteiger charge is 2.46. The van der Waals surface area contributed by atoms with E-state index in [2.05, 4.69) is 10.3 Å². The molecule has 9 heteroatoms. The Morgan fingerprint density at radius 2 is 1.97 bits per heavy atom. The number of carbonyl (C=O) groups excluding carboxylic acids is 2. The van der Waals surface area contributed by atoms with Crippen molar-refractivity contribution in [2.45, 2.75) is 37.5 Å². The number of nitrogens with one attached hydrogen (secondary N) is 1. The SMILES string of the molecule is CCOc1ccc(N=C2SC(CC(=O)Nc3cccc(Cl)c3Cl)C(=O)N2C2CC2)cc1. The number of anilines is 1. The molecule has 1 aliphatic carbocycles. The van der Waals surface area contributed by atoms with Crippen molar-refractivity contribution in [2.75, 3.05) is 11.9 Å². The smallest absolute Gasteiger partial charge is 0.242 e. The van der Waals surface area contributed by atoms with E-state index < -0.39 is 5.25 Å². The molecule has 0 bridgehead atoms. The summed E-state index contributed by atoms with van der Waals surface area (Å²) in [4.78, 5) is 32.0. The second-order valence-corrected chi connectivity index (χ2v) is 9.18. The lowest BCUT2D eigenvalue weighted by Crippen LogP contribution is -2.35. The first-order valence-corrected chi connectivity index (χ1v) is 11.6. The van der Waals surface area contributed by atoms with Crippen molar-refractivity contribution in [3.8, 4) is 5.75 Å². The third kappa shape index (κ3) is 5.17. The van der Waals surface area contributed by atoms with Crippen molar-refractivity contribution in [2.24, 2.45) is 4.99 Å². The highest BCUT2D eigenvalue weighted by molar-refractivity contribution is 8.15. The molecule has 6 nitrogen and oxygen atoms in total. The van der Waals surface area contributed by atoms with Crippen molar-refractivity contribution >= 4 is 63.3 Å². The Kier molecular flexibility index (Phi) is 6.74. The van der Waals surface area contributed by atoms with Gasteiger partial charge < -0.3 is 10.1 Å². The first-order chi connectivity index (χ1) is 15.0. The second-order valence-electron chi connectivity index (χ2n) is 7.22. The molecule has 2 fully saturated rings. The van der Waals surface area contributed by atoms with Crippen LogP contribution in [-0.2, 0) is 9.59 Å². The highest BCUT2D eigenvalue weighted by Crippen LogP contribution is 2.40. The molecule has 1 heterocycles. The third-order valence-corrected chi connectivity index (χ3v) is 6.82. The van der Waals surface area contributed by atoms with Crippen LogP contribution >= 0.6 is 35.0 Å². The third-order valence-electron chi connectivity index (χ3n) is 4.85. The molecule has 2 amide bonds. The summed E-state index contributed by atoms with van der Waals surface area (Å²) in [6.07, 6.45) is 1.93. The van der Waals surface area contributed by atoms with E-state index in [0.29, 0.717) is 22.5 Å². The zero-order valence-corrected chi connectivity index (χ0v) is 19.1. The molecule has 31 heavy (non-hydrogen) atoms. The molecule has 0 radical (unpaired) electrons. The van der Waals surface area contributed by atoms with Crippen LogP contribution in [0.4, 0.5) is 11.4 Å². The molecule has 0 aromatic heterocycles. The molecule has 2 aliphatic rings. The summed E-state index contributed by atoms with van der Waals surface area (Å²) in [6, 6.07) is 12.6. The molecule has 1 saturated heterocycles. The standard InChI is InChI=1S/C22H21Cl2N3O3S/c1-2-30-15-10-6-13(7-11-15)25-22-27(14-8-9-14)21(29)18(31-22)12-19(28)26-17-5-3-4-16(23)20(17)24/h3-7,10-11,14,18H,2,8-9,12H2,1H3,(H,26,28). The maximum Gasteiger partial charge on any atom is 0.242 e. The fourth-order valence-corrected chi connectivity index (χ4v) is 4.79. The Hall–Kier alpha value is -2.22. The number of ether oxygens (including phenoxy) is 1. The van der Waals surface area contributed by atoms with Gasteiger partial charge in [0, 0.05) is 12.5 Å². The number of amidine groups is 1. The van der Waals surface area contributed by atoms with Gasteiger partial charge in [-0.25, -0.2) is 4.99 Å². The summed E-state index contributed by atoms with van der Waals surface area (Å²) in [5.41, 5.74) is 1.16. The number of carbonyl (C=O) groups is 2. The number of rotatable bonds is 7. The normalized spacial score (nSPS) is 19.7. The van der Waals surface area contributed by atoms with Gasteiger partial charge in [-0.2, -0.15) is 0 Å². The average Bonchev–Trinajstić information content (AvgIpc) is 3.53. The molecule has 2 aromatic carbocycles. The maximum atomic E-state index is 13.0. The molecule has 2 aromatic rings. The molecule has 0 spiro atoms. The van der Waals surface area contributed by atoms with E-state index in [4.69, 9.17) is 27.9 Å². The highest BCUT2D eigenvalue weighted by atomic mass is 35.5. The maximum absolute atomic E-state index is 13.0. The van der Waals surface area contributed by atoms with Crippen LogP contribution in [0.15, 0.2) is 47.5 Å². The Balaban J connectivity index is 1.47. The summed E-state index contributed by atoms with van der Waals surface area (Å²) in [5, 5.41) is 3.49. The van der Waals surface area contributed by atoms with E-state index >= 15 is 0 Å². The van der Waals surface area contributed by atoms with Crippen LogP contribution in [0, 0.1) is 0 Å². The number of hydrogen-bond donors (Lipinski definition) is 1. The molecule has 1 unspecified atom stereocenters. The van der Waals surface area contributed by atoms with Crippen molar-refractivity contribution in [3.05, 3.63) is 52.5 Å². The second kappa shape index (κ2) is 9.51. The Bertz CT molecular complexity index is 1030. The largest absolute Gasteiger partial charge is 0.494 e. The quantitative estimate of drug-likeness (QED) is 0.570. The first-order valence-electron chi connectivity index (χ1n) is 10.0. The van der Waals surface area contributed by atoms with Gasteiger partial charge in [0.05, 0.1) is 28.0 Å². The molecule has 1 saturated carbocycles. The lowest BCUT2D eigenvalue weighted by Gasteiger charge is -2.15. The van der Waals surface area contributed by atoms with Gasteiger partial charge >= 0.3 is 0 Å². The van der Waals surface area contributed by atoms with Crippen molar-refractivity contribution in [3.63, 3.8) is 0 Å². The lowest BCUT2D eigenvalue weighted by atomic mass is 10.2. The van der Waals surface area contributed by atoms with Crippen molar-refractivity contribution < 1.29 is 14.3 Å². The number of nitrogens with zero attached hydrogens (tertiary/aromatic N) is 2. The topological polar surface area (TPSA) is 71.0 Å². The van der Waals surface area contributed by atoms with Gasteiger partial charge in [0.15, 0.2) is 5.17 Å². The van der Waals surface area contributed by atoms with E-state index in [1.807, 2.05) is 31.2 Å². The molecule has 4 rings (SSSR count). The first kappa shape index (κ1) is 22.0. The molecule has 162 valence electrons. The van der Waals surface area contributed by atoms with Crippen LogP contribution in [0.2, 0.25) is 10.0 Å². The van der Waals surface area contributed by atoms with Crippen LogP contribution in [0.5, 0.6) is 5.75 Å². The molecular weight excluding hydrogens is 457 g/mol. The van der Waals surface area contributed by atoms with Gasteiger partial charge in [-0.3, -0.25) is 14.5 Å². The summed E-state index contributed by atoms with van der Waals surface area (Å²) >= 11 is 13.5. The number of halogens is 2. The minimum atomic E-state index is -0.528. The monoisotopic (exact) mass is 477 g/mol. The summed E-state index contributed by atoms with van der Waals surface area (Å²) < 4.78 is 5.46. The van der Waals surface area contributed by atoms with Gasteiger partial charge in [0.1, 0.15) is 11.0 Å². The van der Waals surface area contributed by atoms with Gasteiger partial charge in [0.2, 0.25) is 11.8 Å². The summed E-state index contributed by atoms with van der Waals surface area (Å²) in [5.74, 6) is 0.396. The van der Waals surface area contributed by atoms with Crippen LogP contribution < -0.4 is 10.1 Å². The Labute approximate surface area is 194 Å². The van der Waals surface area contributed by atoms with Gasteiger partial charge in [-0.1, -0.05) is 41.0 Å². The van der Waals surface area contributed by atoms with Gasteiger partial charge in [0.25, 0.3) is 0 Å². The van der Waals surface area contributed by atoms with Gasteiger partial charge in [-0.05, 0) is 56.2 Å². The molecule has 1 aliphatic heterocycles. The fourth-order valence-electron chi connectivity index (χ4n) is 3.23. The van der Waals surface area contributed by atoms with E-state index in [9.17, 15) is 9.59 Å². The predicted molar refractivity (Wildman–Crippen MR) is 126 cm³/mol. The van der Waals surface area contributed by atoms with Crippen LogP contribution in [0.25, 0.3) is 0 Å². The van der Waals surface area contributed by atoms with E-state index in [1.54, 1.807) is 23.1 Å². The number of benzene rings is 2. The zero-order valence-electron chi connectivity index (χ0n) is 16.8. The average molecular weight is 478 g/mol. The van der Waals surface area contributed by atoms with Crippen molar-refractivity contribution in [1.29, 1.82) is 0 Å². The summed E-state index contributed by atoms with van der Waals surface area (Å²) in [7, 11) is 0. The van der Waals surface area contributed by atoms with Crippen LogP contribution in [0.3, 0.4) is 0 Å². The van der Waals surface area contributed by atoms with E-state index in [1.165, 1.54) is 11.8 Å². The lowest BCUT2D eigenvalue weighted by molar-refractivity contribution is -0.128. The number of hydrogen-bond acceptors (Lipinski definition) is 5. The van der Waals surface area contributed by atoms with Crippen LogP contribution in [-0.4, -0.2) is 39.8 Å². The zero-order chi connectivity index (χ0) is 22.0. The number of aliphatic imine (C=N–C) groups is 1. The fraction of sp³-hybridized carbons (Fsp3) is 0.318. The minimum absolute atomic E-state index is 0.0257. The predicted octanol–water partition coefficient (Wildman–Crippen LogP) is 5.51. The minimum Gasteiger partial charge on any atom is -0.494 e.